The fourth-order valence-corrected chi connectivity index (χ4v) is 1.80. The van der Waals surface area contributed by atoms with Gasteiger partial charge in [-0.25, -0.2) is 0 Å². The average molecular weight is 286 g/mol. The van der Waals surface area contributed by atoms with Crippen molar-refractivity contribution in [3.8, 4) is 0 Å². The fraction of sp³-hybridized carbons (Fsp3) is 0.417. The van der Waals surface area contributed by atoms with Gasteiger partial charge in [-0.3, -0.25) is 4.79 Å². The molecule has 1 aromatic carbocycles. The van der Waals surface area contributed by atoms with Gasteiger partial charge in [0.05, 0.1) is 0 Å². The summed E-state index contributed by atoms with van der Waals surface area (Å²) in [6, 6.07) is 6.01. The van der Waals surface area contributed by atoms with Crippen molar-refractivity contribution >= 4 is 27.6 Å². The molecule has 0 fully saturated rings. The van der Waals surface area contributed by atoms with Crippen LogP contribution in [0.1, 0.15) is 18.9 Å². The van der Waals surface area contributed by atoms with E-state index in [0.717, 1.165) is 15.7 Å². The zero-order valence-electron chi connectivity index (χ0n) is 9.46. The van der Waals surface area contributed by atoms with E-state index in [1.807, 2.05) is 32.0 Å². The number of carboxylic acids is 1. The molecule has 0 saturated heterocycles. The summed E-state index contributed by atoms with van der Waals surface area (Å²) in [5, 5.41) is 11.9. The molecule has 2 N–H and O–H groups in total. The zero-order chi connectivity index (χ0) is 12.1. The number of carboxylic acid groups (broad SMARTS) is 1. The third-order valence-corrected chi connectivity index (χ3v) is 2.86. The lowest BCUT2D eigenvalue weighted by molar-refractivity contribution is -0.137. The van der Waals surface area contributed by atoms with Crippen LogP contribution in [0.3, 0.4) is 0 Å². The number of anilines is 1. The molecule has 16 heavy (non-hydrogen) atoms. The Balaban J connectivity index is 2.54. The van der Waals surface area contributed by atoms with E-state index in [4.69, 9.17) is 5.11 Å². The summed E-state index contributed by atoms with van der Waals surface area (Å²) in [6.07, 6.45) is 0.194. The van der Waals surface area contributed by atoms with Gasteiger partial charge < -0.3 is 10.4 Å². The quantitative estimate of drug-likeness (QED) is 0.873. The molecule has 0 radical (unpaired) electrons. The zero-order valence-corrected chi connectivity index (χ0v) is 11.0. The summed E-state index contributed by atoms with van der Waals surface area (Å²) < 4.78 is 1.02. The van der Waals surface area contributed by atoms with Crippen molar-refractivity contribution in [3.05, 3.63) is 28.2 Å². The van der Waals surface area contributed by atoms with Crippen molar-refractivity contribution in [2.24, 2.45) is 5.92 Å². The second kappa shape index (κ2) is 5.89. The summed E-state index contributed by atoms with van der Waals surface area (Å²) >= 11 is 3.41. The Morgan fingerprint density at radius 1 is 1.56 bits per heavy atom. The molecule has 0 aliphatic carbocycles. The first kappa shape index (κ1) is 13.0. The third kappa shape index (κ3) is 4.23. The maximum absolute atomic E-state index is 10.5. The average Bonchev–Trinajstić information content (AvgIpc) is 2.18. The van der Waals surface area contributed by atoms with Gasteiger partial charge in [-0.05, 0) is 30.5 Å². The van der Waals surface area contributed by atoms with Crippen LogP contribution in [0.2, 0.25) is 0 Å². The molecule has 0 bridgehead atoms. The number of halogens is 1. The number of rotatable bonds is 5. The normalized spacial score (nSPS) is 12.2. The second-order valence-corrected chi connectivity index (χ2v) is 4.96. The fourth-order valence-electron chi connectivity index (χ4n) is 1.44. The first-order valence-corrected chi connectivity index (χ1v) is 6.00. The van der Waals surface area contributed by atoms with Crippen LogP contribution in [0, 0.1) is 12.8 Å². The van der Waals surface area contributed by atoms with Gasteiger partial charge >= 0.3 is 5.97 Å². The van der Waals surface area contributed by atoms with Crippen molar-refractivity contribution in [1.29, 1.82) is 0 Å². The minimum atomic E-state index is -0.750. The van der Waals surface area contributed by atoms with E-state index in [9.17, 15) is 4.79 Å². The summed E-state index contributed by atoms with van der Waals surface area (Å²) in [7, 11) is 0. The largest absolute Gasteiger partial charge is 0.481 e. The number of aliphatic carboxylic acids is 1. The molecule has 88 valence electrons. The lowest BCUT2D eigenvalue weighted by atomic mass is 10.1. The van der Waals surface area contributed by atoms with Crippen molar-refractivity contribution in [3.63, 3.8) is 0 Å². The second-order valence-electron chi connectivity index (χ2n) is 4.04. The van der Waals surface area contributed by atoms with Gasteiger partial charge in [-0.15, -0.1) is 0 Å². The highest BCUT2D eigenvalue weighted by molar-refractivity contribution is 9.10. The van der Waals surface area contributed by atoms with Gasteiger partial charge in [-0.1, -0.05) is 28.9 Å². The topological polar surface area (TPSA) is 49.3 Å². The van der Waals surface area contributed by atoms with Crippen LogP contribution in [0.25, 0.3) is 0 Å². The van der Waals surface area contributed by atoms with E-state index in [0.29, 0.717) is 6.54 Å². The summed E-state index contributed by atoms with van der Waals surface area (Å²) in [4.78, 5) is 10.5. The van der Waals surface area contributed by atoms with E-state index in [1.165, 1.54) is 0 Å². The lowest BCUT2D eigenvalue weighted by Crippen LogP contribution is -2.15. The molecule has 3 nitrogen and oxygen atoms in total. The van der Waals surface area contributed by atoms with Gasteiger partial charge in [0, 0.05) is 23.1 Å². The molecule has 0 aromatic heterocycles. The van der Waals surface area contributed by atoms with Crippen molar-refractivity contribution < 1.29 is 9.90 Å². The van der Waals surface area contributed by atoms with E-state index >= 15 is 0 Å². The molecule has 0 spiro atoms. The summed E-state index contributed by atoms with van der Waals surface area (Å²) in [5.41, 5.74) is 2.21. The minimum absolute atomic E-state index is 0.121. The van der Waals surface area contributed by atoms with E-state index < -0.39 is 5.97 Å². The number of benzene rings is 1. The van der Waals surface area contributed by atoms with Crippen LogP contribution in [0.4, 0.5) is 5.69 Å². The van der Waals surface area contributed by atoms with Gasteiger partial charge in [0.15, 0.2) is 0 Å². The van der Waals surface area contributed by atoms with Gasteiger partial charge in [-0.2, -0.15) is 0 Å². The number of nitrogens with one attached hydrogen (secondary N) is 1. The SMILES string of the molecule is Cc1ccc(Br)cc1NCC(C)CC(=O)O. The summed E-state index contributed by atoms with van der Waals surface area (Å²) in [6.45, 7) is 4.62. The van der Waals surface area contributed by atoms with Crippen LogP contribution < -0.4 is 5.32 Å². The Kier molecular flexibility index (Phi) is 4.80. The van der Waals surface area contributed by atoms with Crippen molar-refractivity contribution in [1.82, 2.24) is 0 Å². The smallest absolute Gasteiger partial charge is 0.303 e. The van der Waals surface area contributed by atoms with E-state index in [1.54, 1.807) is 0 Å². The monoisotopic (exact) mass is 285 g/mol. The molecule has 4 heteroatoms. The number of hydrogen-bond donors (Lipinski definition) is 2. The maximum atomic E-state index is 10.5. The Morgan fingerprint density at radius 3 is 2.88 bits per heavy atom. The van der Waals surface area contributed by atoms with E-state index in [-0.39, 0.29) is 12.3 Å². The highest BCUT2D eigenvalue weighted by atomic mass is 79.9. The molecular weight excluding hydrogens is 270 g/mol. The Hall–Kier alpha value is -1.03. The molecule has 0 aliphatic heterocycles. The number of carbonyl (C=O) groups is 1. The van der Waals surface area contributed by atoms with E-state index in [2.05, 4.69) is 21.2 Å². The highest BCUT2D eigenvalue weighted by Gasteiger charge is 2.07. The lowest BCUT2D eigenvalue weighted by Gasteiger charge is -2.13. The van der Waals surface area contributed by atoms with Crippen LogP contribution >= 0.6 is 15.9 Å². The van der Waals surface area contributed by atoms with Crippen LogP contribution in [-0.2, 0) is 4.79 Å². The van der Waals surface area contributed by atoms with Gasteiger partial charge in [0.25, 0.3) is 0 Å². The van der Waals surface area contributed by atoms with Crippen LogP contribution in [0.15, 0.2) is 22.7 Å². The van der Waals surface area contributed by atoms with Crippen LogP contribution in [0.5, 0.6) is 0 Å². The third-order valence-electron chi connectivity index (χ3n) is 2.36. The first-order valence-electron chi connectivity index (χ1n) is 5.21. The predicted octanol–water partition coefficient (Wildman–Crippen LogP) is 3.28. The van der Waals surface area contributed by atoms with Crippen LogP contribution in [-0.4, -0.2) is 17.6 Å². The Bertz CT molecular complexity index is 379. The molecule has 1 atom stereocenters. The summed E-state index contributed by atoms with van der Waals surface area (Å²) in [5.74, 6) is -0.629. The molecule has 0 saturated carbocycles. The molecule has 1 aromatic rings. The molecule has 0 amide bonds. The maximum Gasteiger partial charge on any atom is 0.303 e. The number of hydrogen-bond acceptors (Lipinski definition) is 2. The Labute approximate surface area is 104 Å². The molecule has 1 rings (SSSR count). The molecular formula is C12H16BrNO2. The first-order chi connectivity index (χ1) is 7.49. The Morgan fingerprint density at radius 2 is 2.25 bits per heavy atom. The molecule has 0 aliphatic rings. The van der Waals surface area contributed by atoms with Crippen molar-refractivity contribution in [2.45, 2.75) is 20.3 Å². The minimum Gasteiger partial charge on any atom is -0.481 e. The molecule has 0 heterocycles. The number of aryl methyl sites for hydroxylation is 1. The standard InChI is InChI=1S/C12H16BrNO2/c1-8(5-12(15)16)7-14-11-6-10(13)4-3-9(11)2/h3-4,6,8,14H,5,7H2,1-2H3,(H,15,16). The van der Waals surface area contributed by atoms with Gasteiger partial charge in [0.2, 0.25) is 0 Å². The predicted molar refractivity (Wildman–Crippen MR) is 68.8 cm³/mol. The van der Waals surface area contributed by atoms with Gasteiger partial charge in [0.1, 0.15) is 0 Å². The highest BCUT2D eigenvalue weighted by Crippen LogP contribution is 2.21. The van der Waals surface area contributed by atoms with Crippen molar-refractivity contribution in [2.75, 3.05) is 11.9 Å². The molecule has 1 unspecified atom stereocenters.